The van der Waals surface area contributed by atoms with Crippen LogP contribution in [0.5, 0.6) is 0 Å². The molecule has 0 spiro atoms. The third-order valence-electron chi connectivity index (χ3n) is 6.64. The van der Waals surface area contributed by atoms with Gasteiger partial charge in [0.25, 0.3) is 0 Å². The maximum Gasteiger partial charge on any atom is 0.303 e. The van der Waals surface area contributed by atoms with Crippen molar-refractivity contribution in [1.82, 2.24) is 0 Å². The first-order chi connectivity index (χ1) is 13.5. The van der Waals surface area contributed by atoms with Gasteiger partial charge in [-0.3, -0.25) is 9.59 Å². The molecule has 0 radical (unpaired) electrons. The Morgan fingerprint density at radius 3 is 2.89 bits per heavy atom. The van der Waals surface area contributed by atoms with Gasteiger partial charge in [-0.05, 0) is 56.9 Å². The lowest BCUT2D eigenvalue weighted by atomic mass is 9.53. The van der Waals surface area contributed by atoms with Crippen molar-refractivity contribution in [1.29, 1.82) is 0 Å². The van der Waals surface area contributed by atoms with Gasteiger partial charge in [0.15, 0.2) is 0 Å². The van der Waals surface area contributed by atoms with Gasteiger partial charge < -0.3 is 14.9 Å². The Morgan fingerprint density at radius 2 is 2.18 bits per heavy atom. The molecule has 5 unspecified atom stereocenters. The zero-order valence-corrected chi connectivity index (χ0v) is 16.8. The molecular weight excluding hydrogens is 356 g/mol. The summed E-state index contributed by atoms with van der Waals surface area (Å²) in [4.78, 5) is 22.4. The molecule has 0 heterocycles. The number of ketones is 1. The zero-order valence-electron chi connectivity index (χ0n) is 16.8. The van der Waals surface area contributed by atoms with Gasteiger partial charge in [0.2, 0.25) is 0 Å². The smallest absolute Gasteiger partial charge is 0.303 e. The third-order valence-corrected chi connectivity index (χ3v) is 6.64. The summed E-state index contributed by atoms with van der Waals surface area (Å²) in [6.07, 6.45) is 8.57. The molecule has 0 amide bonds. The summed E-state index contributed by atoms with van der Waals surface area (Å²) in [5, 5.41) is 19.5. The number of fused-ring (bicyclic) bond motifs is 1. The Labute approximate surface area is 167 Å². The summed E-state index contributed by atoms with van der Waals surface area (Å²) in [6, 6.07) is 0. The van der Waals surface area contributed by atoms with Crippen LogP contribution < -0.4 is 0 Å². The van der Waals surface area contributed by atoms with Gasteiger partial charge in [0, 0.05) is 38.2 Å². The summed E-state index contributed by atoms with van der Waals surface area (Å²) < 4.78 is 6.19. The van der Waals surface area contributed by atoms with E-state index >= 15 is 0 Å². The number of aliphatic hydroxyl groups is 1. The van der Waals surface area contributed by atoms with Crippen molar-refractivity contribution < 1.29 is 24.5 Å². The second-order valence-corrected chi connectivity index (χ2v) is 8.45. The number of Topliss-reactive ketones (excluding diaryl/α,β-unsaturated/α-hetero) is 1. The summed E-state index contributed by atoms with van der Waals surface area (Å²) in [5.74, 6) is 6.57. The van der Waals surface area contributed by atoms with E-state index in [9.17, 15) is 14.7 Å². The number of carbonyl (C=O) groups is 2. The number of aliphatic carboxylic acids is 1. The molecule has 0 saturated heterocycles. The summed E-state index contributed by atoms with van der Waals surface area (Å²) >= 11 is 0. The first-order valence-electron chi connectivity index (χ1n) is 10.7. The molecule has 0 aromatic carbocycles. The van der Waals surface area contributed by atoms with Crippen LogP contribution in [0.25, 0.3) is 0 Å². The minimum Gasteiger partial charge on any atom is -0.481 e. The number of aliphatic hydroxyl groups excluding tert-OH is 1. The Hall–Kier alpha value is -1.64. The van der Waals surface area contributed by atoms with Crippen LogP contribution in [0.1, 0.15) is 71.1 Å². The monoisotopic (exact) mass is 388 g/mol. The van der Waals surface area contributed by atoms with Crippen molar-refractivity contribution in [3.63, 3.8) is 0 Å². The zero-order chi connectivity index (χ0) is 20.1. The molecule has 154 valence electrons. The summed E-state index contributed by atoms with van der Waals surface area (Å²) in [5.41, 5.74) is 0.796. The fourth-order valence-corrected chi connectivity index (χ4v) is 5.22. The van der Waals surface area contributed by atoms with E-state index in [0.717, 1.165) is 32.1 Å². The van der Waals surface area contributed by atoms with E-state index in [1.807, 2.05) is 13.0 Å². The normalized spacial score (nSPS) is 36.2. The minimum atomic E-state index is -0.790. The Balaban J connectivity index is 1.68. The quantitative estimate of drug-likeness (QED) is 0.537. The second-order valence-electron chi connectivity index (χ2n) is 8.45. The van der Waals surface area contributed by atoms with Crippen molar-refractivity contribution in [2.24, 2.45) is 17.8 Å². The molecule has 5 nitrogen and oxygen atoms in total. The molecule has 3 rings (SSSR count). The number of hydrogen-bond donors (Lipinski definition) is 2. The number of carboxylic acids is 1. The van der Waals surface area contributed by atoms with Crippen molar-refractivity contribution in [2.45, 2.75) is 82.8 Å². The number of carboxylic acid groups (broad SMARTS) is 1. The highest BCUT2D eigenvalue weighted by Crippen LogP contribution is 2.57. The average Bonchev–Trinajstić information content (AvgIpc) is 2.64. The van der Waals surface area contributed by atoms with E-state index in [2.05, 4.69) is 11.8 Å². The number of carbonyl (C=O) groups excluding carboxylic acids is 1. The predicted octanol–water partition coefficient (Wildman–Crippen LogP) is 3.50. The summed E-state index contributed by atoms with van der Waals surface area (Å²) in [6.45, 7) is 2.57. The van der Waals surface area contributed by atoms with Crippen LogP contribution in [0.3, 0.4) is 0 Å². The van der Waals surface area contributed by atoms with E-state index < -0.39 is 12.1 Å². The number of hydrogen-bond acceptors (Lipinski definition) is 4. The van der Waals surface area contributed by atoms with Gasteiger partial charge in [0.1, 0.15) is 5.78 Å². The van der Waals surface area contributed by atoms with Crippen LogP contribution in [0.15, 0.2) is 11.6 Å². The van der Waals surface area contributed by atoms with E-state index in [0.29, 0.717) is 44.0 Å². The first kappa shape index (κ1) is 21.1. The SMILES string of the molecule is CCOC12CCC(O)C(C#CCC3CCCC(=O)C3)C1C/C2=C\CCC(=O)O. The van der Waals surface area contributed by atoms with E-state index in [1.54, 1.807) is 0 Å². The van der Waals surface area contributed by atoms with Gasteiger partial charge in [-0.15, -0.1) is 5.92 Å². The van der Waals surface area contributed by atoms with Gasteiger partial charge in [-0.1, -0.05) is 12.0 Å². The molecule has 0 aliphatic heterocycles. The van der Waals surface area contributed by atoms with Crippen LogP contribution in [-0.4, -0.2) is 40.3 Å². The molecule has 3 aliphatic rings. The molecule has 2 N–H and O–H groups in total. The van der Waals surface area contributed by atoms with E-state index in [1.165, 1.54) is 5.57 Å². The predicted molar refractivity (Wildman–Crippen MR) is 106 cm³/mol. The molecule has 5 atom stereocenters. The van der Waals surface area contributed by atoms with Gasteiger partial charge >= 0.3 is 5.97 Å². The van der Waals surface area contributed by atoms with Crippen molar-refractivity contribution in [3.8, 4) is 11.8 Å². The van der Waals surface area contributed by atoms with E-state index in [-0.39, 0.29) is 23.9 Å². The topological polar surface area (TPSA) is 83.8 Å². The maximum absolute atomic E-state index is 11.6. The number of ether oxygens (including phenoxy) is 1. The minimum absolute atomic E-state index is 0.115. The van der Waals surface area contributed by atoms with Crippen LogP contribution in [0.2, 0.25) is 0 Å². The van der Waals surface area contributed by atoms with Crippen molar-refractivity contribution >= 4 is 11.8 Å². The third kappa shape index (κ3) is 4.50. The van der Waals surface area contributed by atoms with Crippen LogP contribution in [0, 0.1) is 29.6 Å². The van der Waals surface area contributed by atoms with Crippen LogP contribution >= 0.6 is 0 Å². The van der Waals surface area contributed by atoms with Crippen molar-refractivity contribution in [3.05, 3.63) is 11.6 Å². The number of rotatable bonds is 6. The fourth-order valence-electron chi connectivity index (χ4n) is 5.22. The highest BCUT2D eigenvalue weighted by molar-refractivity contribution is 5.79. The molecule has 3 saturated carbocycles. The molecular formula is C23H32O5. The highest BCUT2D eigenvalue weighted by Gasteiger charge is 2.58. The maximum atomic E-state index is 11.6. The lowest BCUT2D eigenvalue weighted by molar-refractivity contribution is -0.153. The second kappa shape index (κ2) is 9.24. The van der Waals surface area contributed by atoms with Gasteiger partial charge in [-0.2, -0.15) is 0 Å². The van der Waals surface area contributed by atoms with Crippen LogP contribution in [-0.2, 0) is 14.3 Å². The van der Waals surface area contributed by atoms with Gasteiger partial charge in [-0.25, -0.2) is 0 Å². The molecule has 0 aromatic heterocycles. The Morgan fingerprint density at radius 1 is 1.36 bits per heavy atom. The Kier molecular flexibility index (Phi) is 6.95. The van der Waals surface area contributed by atoms with Crippen molar-refractivity contribution in [2.75, 3.05) is 6.61 Å². The van der Waals surface area contributed by atoms with Crippen LogP contribution in [0.4, 0.5) is 0 Å². The summed E-state index contributed by atoms with van der Waals surface area (Å²) in [7, 11) is 0. The molecule has 3 fully saturated rings. The molecule has 5 heteroatoms. The highest BCUT2D eigenvalue weighted by atomic mass is 16.5. The Bertz CT molecular complexity index is 685. The van der Waals surface area contributed by atoms with E-state index in [4.69, 9.17) is 9.84 Å². The molecule has 3 aliphatic carbocycles. The average molecular weight is 389 g/mol. The fraction of sp³-hybridized carbons (Fsp3) is 0.739. The lowest BCUT2D eigenvalue weighted by Gasteiger charge is -2.57. The standard InChI is InChI=1S/C23H32O5/c1-2-28-23-13-12-21(25)19(10-4-7-16-6-3-9-18(24)14-16)20(23)15-17(23)8-5-11-22(26)27/h8,16,19-21,25H,2-3,5-7,9,11-15H2,1H3,(H,26,27)/b17-8+. The molecule has 0 aromatic rings. The first-order valence-corrected chi connectivity index (χ1v) is 10.7. The van der Waals surface area contributed by atoms with Gasteiger partial charge in [0.05, 0.1) is 17.6 Å². The molecule has 28 heavy (non-hydrogen) atoms. The lowest BCUT2D eigenvalue weighted by Crippen LogP contribution is -2.60. The molecule has 0 bridgehead atoms. The number of allylic oxidation sites excluding steroid dienone is 1. The largest absolute Gasteiger partial charge is 0.481 e.